The number of hydrogen-bond acceptors (Lipinski definition) is 2. The fraction of sp³-hybridized carbons (Fsp3) is 0.400. The number of rotatable bonds is 2. The molecule has 0 saturated carbocycles. The van der Waals surface area contributed by atoms with Gasteiger partial charge in [-0.15, -0.1) is 0 Å². The molecule has 0 radical (unpaired) electrons. The van der Waals surface area contributed by atoms with Crippen molar-refractivity contribution in [1.29, 1.82) is 0 Å². The first-order valence-electron chi connectivity index (χ1n) is 4.23. The van der Waals surface area contributed by atoms with Gasteiger partial charge in [0, 0.05) is 11.4 Å². The fourth-order valence-corrected chi connectivity index (χ4v) is 1.64. The Bertz CT molecular complexity index is 308. The lowest BCUT2D eigenvalue weighted by atomic mass is 9.93. The van der Waals surface area contributed by atoms with Crippen LogP contribution in [0.25, 0.3) is 0 Å². The fourth-order valence-electron chi connectivity index (χ4n) is 1.44. The SMILES string of the molecule is OC1(Cc2ccccc2Cl)COC1. The predicted molar refractivity (Wildman–Crippen MR) is 50.9 cm³/mol. The van der Waals surface area contributed by atoms with Gasteiger partial charge in [0.2, 0.25) is 0 Å². The molecule has 2 rings (SSSR count). The van der Waals surface area contributed by atoms with E-state index in [1.54, 1.807) is 0 Å². The standard InChI is InChI=1S/C10H11ClO2/c11-9-4-2-1-3-8(9)5-10(12)6-13-7-10/h1-4,12H,5-7H2. The van der Waals surface area contributed by atoms with Crippen LogP contribution in [0.15, 0.2) is 24.3 Å². The molecule has 13 heavy (non-hydrogen) atoms. The van der Waals surface area contributed by atoms with E-state index in [0.29, 0.717) is 24.7 Å². The molecule has 1 aromatic rings. The summed E-state index contributed by atoms with van der Waals surface area (Å²) in [5.41, 5.74) is 0.292. The van der Waals surface area contributed by atoms with Crippen LogP contribution in [0.4, 0.5) is 0 Å². The number of hydrogen-bond donors (Lipinski definition) is 1. The Morgan fingerprint density at radius 2 is 2.08 bits per heavy atom. The summed E-state index contributed by atoms with van der Waals surface area (Å²) in [6.07, 6.45) is 0.576. The van der Waals surface area contributed by atoms with Gasteiger partial charge in [0.25, 0.3) is 0 Å². The highest BCUT2D eigenvalue weighted by molar-refractivity contribution is 6.31. The number of halogens is 1. The molecule has 1 aliphatic rings. The smallest absolute Gasteiger partial charge is 0.115 e. The Balaban J connectivity index is 2.13. The van der Waals surface area contributed by atoms with Gasteiger partial charge in [-0.05, 0) is 11.6 Å². The van der Waals surface area contributed by atoms with Crippen molar-refractivity contribution in [1.82, 2.24) is 0 Å². The molecule has 0 atom stereocenters. The summed E-state index contributed by atoms with van der Waals surface area (Å²) in [6, 6.07) is 7.57. The third-order valence-electron chi connectivity index (χ3n) is 2.22. The van der Waals surface area contributed by atoms with Gasteiger partial charge in [-0.1, -0.05) is 29.8 Å². The van der Waals surface area contributed by atoms with Gasteiger partial charge < -0.3 is 9.84 Å². The van der Waals surface area contributed by atoms with Gasteiger partial charge in [0.15, 0.2) is 0 Å². The lowest BCUT2D eigenvalue weighted by molar-refractivity contribution is -0.176. The van der Waals surface area contributed by atoms with Crippen LogP contribution in [0.2, 0.25) is 5.02 Å². The van der Waals surface area contributed by atoms with Crippen LogP contribution in [-0.4, -0.2) is 23.9 Å². The summed E-state index contributed by atoms with van der Waals surface area (Å²) in [5, 5.41) is 10.5. The molecule has 1 aliphatic heterocycles. The van der Waals surface area contributed by atoms with Crippen molar-refractivity contribution in [2.24, 2.45) is 0 Å². The van der Waals surface area contributed by atoms with Crippen LogP contribution >= 0.6 is 11.6 Å². The van der Waals surface area contributed by atoms with Gasteiger partial charge in [-0.25, -0.2) is 0 Å². The Labute approximate surface area is 82.1 Å². The van der Waals surface area contributed by atoms with E-state index in [-0.39, 0.29) is 0 Å². The molecule has 1 heterocycles. The monoisotopic (exact) mass is 198 g/mol. The first kappa shape index (κ1) is 9.00. The minimum absolute atomic E-state index is 0.415. The Kier molecular flexibility index (Phi) is 2.28. The second kappa shape index (κ2) is 3.29. The quantitative estimate of drug-likeness (QED) is 0.783. The largest absolute Gasteiger partial charge is 0.385 e. The first-order chi connectivity index (χ1) is 6.20. The van der Waals surface area contributed by atoms with Crippen molar-refractivity contribution < 1.29 is 9.84 Å². The summed E-state index contributed by atoms with van der Waals surface area (Å²) < 4.78 is 4.96. The van der Waals surface area contributed by atoms with Gasteiger partial charge >= 0.3 is 0 Å². The molecule has 3 heteroatoms. The molecular weight excluding hydrogens is 188 g/mol. The van der Waals surface area contributed by atoms with Crippen molar-refractivity contribution >= 4 is 11.6 Å². The highest BCUT2D eigenvalue weighted by Crippen LogP contribution is 2.25. The summed E-state index contributed by atoms with van der Waals surface area (Å²) >= 11 is 5.96. The number of aliphatic hydroxyl groups is 1. The van der Waals surface area contributed by atoms with E-state index in [1.165, 1.54) is 0 Å². The third kappa shape index (κ3) is 1.85. The summed E-state index contributed by atoms with van der Waals surface area (Å²) in [5.74, 6) is 0. The molecule has 0 bridgehead atoms. The molecule has 2 nitrogen and oxygen atoms in total. The van der Waals surface area contributed by atoms with Gasteiger partial charge in [0.05, 0.1) is 13.2 Å². The molecule has 1 aromatic carbocycles. The maximum atomic E-state index is 9.80. The molecule has 0 unspecified atom stereocenters. The van der Waals surface area contributed by atoms with Crippen LogP contribution in [0.3, 0.4) is 0 Å². The maximum Gasteiger partial charge on any atom is 0.115 e. The summed E-state index contributed by atoms with van der Waals surface area (Å²) in [6.45, 7) is 0.830. The molecule has 0 spiro atoms. The van der Waals surface area contributed by atoms with E-state index in [9.17, 15) is 5.11 Å². The minimum Gasteiger partial charge on any atom is -0.385 e. The van der Waals surface area contributed by atoms with E-state index in [0.717, 1.165) is 5.56 Å². The van der Waals surface area contributed by atoms with Crippen LogP contribution in [0, 0.1) is 0 Å². The zero-order valence-corrected chi connectivity index (χ0v) is 7.92. The first-order valence-corrected chi connectivity index (χ1v) is 4.61. The van der Waals surface area contributed by atoms with Crippen LogP contribution in [0.5, 0.6) is 0 Å². The van der Waals surface area contributed by atoms with Gasteiger partial charge in [-0.3, -0.25) is 0 Å². The molecule has 1 N–H and O–H groups in total. The van der Waals surface area contributed by atoms with E-state index in [1.807, 2.05) is 24.3 Å². The van der Waals surface area contributed by atoms with Crippen molar-refractivity contribution in [3.63, 3.8) is 0 Å². The average Bonchev–Trinajstić information content (AvgIpc) is 2.06. The molecule has 1 fully saturated rings. The van der Waals surface area contributed by atoms with E-state index < -0.39 is 5.60 Å². The molecule has 1 saturated heterocycles. The van der Waals surface area contributed by atoms with Crippen LogP contribution in [-0.2, 0) is 11.2 Å². The van der Waals surface area contributed by atoms with Crippen LogP contribution in [0.1, 0.15) is 5.56 Å². The molecule has 0 amide bonds. The predicted octanol–water partition coefficient (Wildman–Crippen LogP) is 1.64. The lowest BCUT2D eigenvalue weighted by Gasteiger charge is -2.36. The Morgan fingerprint density at radius 3 is 2.62 bits per heavy atom. The van der Waals surface area contributed by atoms with Crippen molar-refractivity contribution in [2.45, 2.75) is 12.0 Å². The second-order valence-electron chi connectivity index (χ2n) is 3.49. The minimum atomic E-state index is -0.689. The Morgan fingerprint density at radius 1 is 1.38 bits per heavy atom. The maximum absolute atomic E-state index is 9.80. The number of benzene rings is 1. The van der Waals surface area contributed by atoms with Gasteiger partial charge in [0.1, 0.15) is 5.60 Å². The zero-order valence-electron chi connectivity index (χ0n) is 7.16. The highest BCUT2D eigenvalue weighted by Gasteiger charge is 2.36. The van der Waals surface area contributed by atoms with E-state index in [4.69, 9.17) is 16.3 Å². The lowest BCUT2D eigenvalue weighted by Crippen LogP contribution is -2.51. The van der Waals surface area contributed by atoms with Crippen molar-refractivity contribution in [3.05, 3.63) is 34.9 Å². The van der Waals surface area contributed by atoms with E-state index in [2.05, 4.69) is 0 Å². The second-order valence-corrected chi connectivity index (χ2v) is 3.89. The third-order valence-corrected chi connectivity index (χ3v) is 2.59. The van der Waals surface area contributed by atoms with Crippen LogP contribution < -0.4 is 0 Å². The topological polar surface area (TPSA) is 29.5 Å². The summed E-state index contributed by atoms with van der Waals surface area (Å²) in [4.78, 5) is 0. The van der Waals surface area contributed by atoms with E-state index >= 15 is 0 Å². The molecular formula is C10H11ClO2. The molecule has 0 aliphatic carbocycles. The Hall–Kier alpha value is -0.570. The normalized spacial score (nSPS) is 19.5. The number of ether oxygens (including phenoxy) is 1. The summed E-state index contributed by atoms with van der Waals surface area (Å²) in [7, 11) is 0. The van der Waals surface area contributed by atoms with Crippen molar-refractivity contribution in [2.75, 3.05) is 13.2 Å². The highest BCUT2D eigenvalue weighted by atomic mass is 35.5. The molecule has 0 aromatic heterocycles. The van der Waals surface area contributed by atoms with Gasteiger partial charge in [-0.2, -0.15) is 0 Å². The average molecular weight is 199 g/mol. The molecule has 70 valence electrons. The zero-order chi connectivity index (χ0) is 9.31. The van der Waals surface area contributed by atoms with Crippen molar-refractivity contribution in [3.8, 4) is 0 Å².